The third-order valence-corrected chi connectivity index (χ3v) is 5.68. The number of hydrogen-bond donors (Lipinski definition) is 2. The summed E-state index contributed by atoms with van der Waals surface area (Å²) in [4.78, 5) is 16.0. The second-order valence-corrected chi connectivity index (χ2v) is 7.73. The maximum Gasteiger partial charge on any atom is 0.276 e. The summed E-state index contributed by atoms with van der Waals surface area (Å²) in [5.41, 5.74) is 1.80. The van der Waals surface area contributed by atoms with E-state index in [-0.39, 0.29) is 5.91 Å². The Morgan fingerprint density at radius 3 is 2.68 bits per heavy atom. The molecule has 2 fully saturated rings. The maximum atomic E-state index is 12.4. The van der Waals surface area contributed by atoms with Gasteiger partial charge in [0.1, 0.15) is 5.54 Å². The molecule has 5 nitrogen and oxygen atoms in total. The van der Waals surface area contributed by atoms with Gasteiger partial charge in [-0.05, 0) is 50.3 Å². The summed E-state index contributed by atoms with van der Waals surface area (Å²) >= 11 is 6.13. The van der Waals surface area contributed by atoms with E-state index in [1.165, 1.54) is 16.2 Å². The van der Waals surface area contributed by atoms with Gasteiger partial charge >= 0.3 is 0 Å². The second kappa shape index (κ2) is 7.63. The van der Waals surface area contributed by atoms with Crippen molar-refractivity contribution in [3.05, 3.63) is 28.8 Å². The molecular formula is C19H26ClN4O+. The molecule has 25 heavy (non-hydrogen) atoms. The Morgan fingerprint density at radius 2 is 2.04 bits per heavy atom. The lowest BCUT2D eigenvalue weighted by molar-refractivity contribution is -0.892. The van der Waals surface area contributed by atoms with Crippen molar-refractivity contribution < 1.29 is 9.69 Å². The zero-order valence-electron chi connectivity index (χ0n) is 14.8. The SMILES string of the molecule is Cc1ccc(Cl)cc1N1CC[NH+](CC(=O)NC2(C#N)CCCC2)CC1. The molecular weight excluding hydrogens is 336 g/mol. The molecule has 1 heterocycles. The molecule has 0 spiro atoms. The molecule has 1 aromatic rings. The van der Waals surface area contributed by atoms with E-state index in [0.717, 1.165) is 56.9 Å². The van der Waals surface area contributed by atoms with Crippen LogP contribution in [0.25, 0.3) is 0 Å². The van der Waals surface area contributed by atoms with Gasteiger partial charge in [0.2, 0.25) is 0 Å². The van der Waals surface area contributed by atoms with E-state index < -0.39 is 5.54 Å². The number of nitriles is 1. The first kappa shape index (κ1) is 18.0. The summed E-state index contributed by atoms with van der Waals surface area (Å²) in [6.07, 6.45) is 3.62. The van der Waals surface area contributed by atoms with Crippen LogP contribution in [0.3, 0.4) is 0 Å². The van der Waals surface area contributed by atoms with Crippen LogP contribution in [0.15, 0.2) is 18.2 Å². The highest BCUT2D eigenvalue weighted by Crippen LogP contribution is 2.28. The van der Waals surface area contributed by atoms with Gasteiger partial charge in [-0.2, -0.15) is 5.26 Å². The van der Waals surface area contributed by atoms with Crippen LogP contribution in [0.4, 0.5) is 5.69 Å². The number of piperazine rings is 1. The van der Waals surface area contributed by atoms with Gasteiger partial charge in [0, 0.05) is 10.7 Å². The second-order valence-electron chi connectivity index (χ2n) is 7.29. The summed E-state index contributed by atoms with van der Waals surface area (Å²) in [6, 6.07) is 8.31. The van der Waals surface area contributed by atoms with Crippen LogP contribution < -0.4 is 15.1 Å². The predicted octanol–water partition coefficient (Wildman–Crippen LogP) is 1.31. The lowest BCUT2D eigenvalue weighted by Gasteiger charge is -2.34. The third kappa shape index (κ3) is 4.26. The van der Waals surface area contributed by atoms with Crippen LogP contribution in [0.2, 0.25) is 5.02 Å². The molecule has 1 saturated heterocycles. The minimum atomic E-state index is -0.615. The first-order chi connectivity index (χ1) is 12.0. The normalized spacial score (nSPS) is 20.3. The molecule has 0 aromatic heterocycles. The molecule has 3 rings (SSSR count). The van der Waals surface area contributed by atoms with Gasteiger partial charge < -0.3 is 15.1 Å². The van der Waals surface area contributed by atoms with Gasteiger partial charge in [-0.1, -0.05) is 17.7 Å². The number of carbonyl (C=O) groups is 1. The summed E-state index contributed by atoms with van der Waals surface area (Å²) in [6.45, 7) is 6.20. The van der Waals surface area contributed by atoms with Crippen molar-refractivity contribution in [2.75, 3.05) is 37.6 Å². The fourth-order valence-corrected chi connectivity index (χ4v) is 4.11. The Balaban J connectivity index is 1.52. The van der Waals surface area contributed by atoms with Gasteiger partial charge in [0.25, 0.3) is 5.91 Å². The van der Waals surface area contributed by atoms with E-state index in [2.05, 4.69) is 23.2 Å². The molecule has 2 aliphatic rings. The number of nitrogens with zero attached hydrogens (tertiary/aromatic N) is 2. The molecule has 0 bridgehead atoms. The van der Waals surface area contributed by atoms with E-state index in [1.807, 2.05) is 18.2 Å². The lowest BCUT2D eigenvalue weighted by atomic mass is 10.00. The number of amides is 1. The van der Waals surface area contributed by atoms with Crippen molar-refractivity contribution in [2.24, 2.45) is 0 Å². The van der Waals surface area contributed by atoms with Crippen molar-refractivity contribution in [1.29, 1.82) is 5.26 Å². The predicted molar refractivity (Wildman–Crippen MR) is 98.9 cm³/mol. The van der Waals surface area contributed by atoms with Crippen LogP contribution in [0.5, 0.6) is 0 Å². The number of halogens is 1. The molecule has 1 aliphatic heterocycles. The van der Waals surface area contributed by atoms with Gasteiger partial charge in [0.15, 0.2) is 6.54 Å². The van der Waals surface area contributed by atoms with E-state index in [4.69, 9.17) is 11.6 Å². The largest absolute Gasteiger partial charge is 0.360 e. The number of aryl methyl sites for hydroxylation is 1. The minimum absolute atomic E-state index is 0.00540. The Kier molecular flexibility index (Phi) is 5.51. The number of rotatable bonds is 4. The molecule has 0 radical (unpaired) electrons. The number of hydrogen-bond acceptors (Lipinski definition) is 3. The number of anilines is 1. The summed E-state index contributed by atoms with van der Waals surface area (Å²) in [5, 5.41) is 13.1. The highest BCUT2D eigenvalue weighted by atomic mass is 35.5. The zero-order valence-corrected chi connectivity index (χ0v) is 15.5. The minimum Gasteiger partial charge on any atom is -0.360 e. The topological polar surface area (TPSA) is 60.6 Å². The average Bonchev–Trinajstić information content (AvgIpc) is 3.07. The zero-order chi connectivity index (χ0) is 17.9. The van der Waals surface area contributed by atoms with Crippen molar-refractivity contribution in [3.63, 3.8) is 0 Å². The number of quaternary nitrogens is 1. The van der Waals surface area contributed by atoms with Crippen LogP contribution >= 0.6 is 11.6 Å². The van der Waals surface area contributed by atoms with E-state index >= 15 is 0 Å². The van der Waals surface area contributed by atoms with Gasteiger partial charge in [-0.15, -0.1) is 0 Å². The Morgan fingerprint density at radius 1 is 1.36 bits per heavy atom. The van der Waals surface area contributed by atoms with Crippen LogP contribution in [0.1, 0.15) is 31.2 Å². The average molecular weight is 362 g/mol. The molecule has 1 saturated carbocycles. The Labute approximate surface area is 154 Å². The molecule has 134 valence electrons. The third-order valence-electron chi connectivity index (χ3n) is 5.44. The lowest BCUT2D eigenvalue weighted by Crippen LogP contribution is -3.16. The fraction of sp³-hybridized carbons (Fsp3) is 0.579. The molecule has 0 unspecified atom stereocenters. The summed E-state index contributed by atoms with van der Waals surface area (Å²) < 4.78 is 0. The Bertz CT molecular complexity index is 670. The quantitative estimate of drug-likeness (QED) is 0.850. The number of nitrogens with one attached hydrogen (secondary N) is 2. The van der Waals surface area contributed by atoms with Crippen molar-refractivity contribution in [1.82, 2.24) is 5.32 Å². The fourth-order valence-electron chi connectivity index (χ4n) is 3.95. The van der Waals surface area contributed by atoms with Crippen LogP contribution in [-0.2, 0) is 4.79 Å². The smallest absolute Gasteiger partial charge is 0.276 e. The van der Waals surface area contributed by atoms with Crippen molar-refractivity contribution in [2.45, 2.75) is 38.1 Å². The number of benzene rings is 1. The highest BCUT2D eigenvalue weighted by molar-refractivity contribution is 6.30. The maximum absolute atomic E-state index is 12.4. The molecule has 6 heteroatoms. The first-order valence-electron chi connectivity index (χ1n) is 9.08. The summed E-state index contributed by atoms with van der Waals surface area (Å²) in [7, 11) is 0. The first-order valence-corrected chi connectivity index (χ1v) is 9.46. The van der Waals surface area contributed by atoms with E-state index in [1.54, 1.807) is 0 Å². The van der Waals surface area contributed by atoms with Crippen molar-refractivity contribution >= 4 is 23.2 Å². The molecule has 1 aromatic carbocycles. The molecule has 2 N–H and O–H groups in total. The van der Waals surface area contributed by atoms with Crippen LogP contribution in [0, 0.1) is 18.3 Å². The molecule has 1 amide bonds. The van der Waals surface area contributed by atoms with Gasteiger partial charge in [-0.3, -0.25) is 4.79 Å². The Hall–Kier alpha value is -1.77. The molecule has 1 aliphatic carbocycles. The monoisotopic (exact) mass is 361 g/mol. The highest BCUT2D eigenvalue weighted by Gasteiger charge is 2.36. The standard InChI is InChI=1S/C19H25ClN4O/c1-15-4-5-16(20)12-17(15)24-10-8-23(9-11-24)13-18(25)22-19(14-21)6-2-3-7-19/h4-5,12H,2-3,6-11,13H2,1H3,(H,22,25)/p+1. The van der Waals surface area contributed by atoms with Gasteiger partial charge in [0.05, 0.1) is 32.2 Å². The van der Waals surface area contributed by atoms with Crippen LogP contribution in [-0.4, -0.2) is 44.2 Å². The van der Waals surface area contributed by atoms with Gasteiger partial charge in [-0.25, -0.2) is 0 Å². The molecule has 0 atom stereocenters. The summed E-state index contributed by atoms with van der Waals surface area (Å²) in [5.74, 6) is 0.00540. The van der Waals surface area contributed by atoms with E-state index in [0.29, 0.717) is 6.54 Å². The van der Waals surface area contributed by atoms with Crippen molar-refractivity contribution in [3.8, 4) is 6.07 Å². The number of carbonyl (C=O) groups excluding carboxylic acids is 1. The van der Waals surface area contributed by atoms with E-state index in [9.17, 15) is 10.1 Å².